The van der Waals surface area contributed by atoms with Gasteiger partial charge in [0.15, 0.2) is 0 Å². The predicted octanol–water partition coefficient (Wildman–Crippen LogP) is 9.48. The molecule has 3 nitrogen and oxygen atoms in total. The number of hydrogen-bond acceptors (Lipinski definition) is 2. The lowest BCUT2D eigenvalue weighted by Crippen LogP contribution is -2.37. The Morgan fingerprint density at radius 1 is 1.03 bits per heavy atom. The van der Waals surface area contributed by atoms with Gasteiger partial charge in [-0.15, -0.1) is 0 Å². The van der Waals surface area contributed by atoms with Gasteiger partial charge in [-0.25, -0.2) is 4.98 Å². The molecule has 0 aliphatic heterocycles. The highest BCUT2D eigenvalue weighted by molar-refractivity contribution is 9.10. The molecule has 3 rings (SSSR count). The van der Waals surface area contributed by atoms with Crippen molar-refractivity contribution in [2.24, 2.45) is 0 Å². The molecule has 0 fully saturated rings. The number of aryl methyl sites for hydroxylation is 1. The first-order chi connectivity index (χ1) is 15.7. The van der Waals surface area contributed by atoms with Crippen LogP contribution in [-0.4, -0.2) is 32.3 Å². The third-order valence-electron chi connectivity index (χ3n) is 7.36. The Kier molecular flexibility index (Phi) is 8.62. The van der Waals surface area contributed by atoms with E-state index >= 15 is 0 Å². The molecule has 0 spiro atoms. The van der Waals surface area contributed by atoms with E-state index in [1.807, 2.05) is 0 Å². The molecule has 0 saturated carbocycles. The van der Waals surface area contributed by atoms with E-state index in [0.717, 1.165) is 40.1 Å². The van der Waals surface area contributed by atoms with Gasteiger partial charge in [0.25, 0.3) is 0 Å². The second-order valence-electron chi connectivity index (χ2n) is 12.3. The second-order valence-corrected chi connectivity index (χ2v) is 24.9. The fourth-order valence-electron chi connectivity index (χ4n) is 3.86. The van der Waals surface area contributed by atoms with Crippen molar-refractivity contribution in [1.29, 1.82) is 0 Å². The van der Waals surface area contributed by atoms with Gasteiger partial charge in [0.1, 0.15) is 12.4 Å². The number of hydrogen-bond donors (Lipinski definition) is 0. The van der Waals surface area contributed by atoms with Crippen LogP contribution in [0.15, 0.2) is 41.1 Å². The minimum absolute atomic E-state index is 0.378. The summed E-state index contributed by atoms with van der Waals surface area (Å²) in [6.07, 6.45) is 5.04. The van der Waals surface area contributed by atoms with E-state index in [9.17, 15) is 0 Å². The lowest BCUT2D eigenvalue weighted by atomic mass is 9.98. The zero-order valence-corrected chi connectivity index (χ0v) is 26.4. The first-order valence-electron chi connectivity index (χ1n) is 12.2. The monoisotopic (exact) mass is 578 g/mol. The first-order valence-corrected chi connectivity index (χ1v) is 20.3. The number of nitrogens with zero attached hydrogens (tertiary/aromatic N) is 2. The number of benzene rings is 1. The topological polar surface area (TPSA) is 27.1 Å². The van der Waals surface area contributed by atoms with Crippen LogP contribution in [0.3, 0.4) is 0 Å². The summed E-state index contributed by atoms with van der Waals surface area (Å²) < 4.78 is 9.02. The minimum Gasteiger partial charge on any atom is -0.361 e. The molecule has 0 N–H and O–H groups in total. The number of aromatic nitrogens is 2. The molecule has 0 saturated heterocycles. The molecule has 2 aromatic heterocycles. The zero-order valence-electron chi connectivity index (χ0n) is 22.1. The molecule has 0 aliphatic carbocycles. The van der Waals surface area contributed by atoms with E-state index in [2.05, 4.69) is 104 Å². The Balaban J connectivity index is 1.99. The summed E-state index contributed by atoms with van der Waals surface area (Å²) >= 11 is 10.4. The molecule has 186 valence electrons. The molecule has 0 unspecified atom stereocenters. The van der Waals surface area contributed by atoms with Crippen molar-refractivity contribution in [2.45, 2.75) is 83.8 Å². The highest BCUT2D eigenvalue weighted by Gasteiger charge is 2.34. The van der Waals surface area contributed by atoms with E-state index in [0.29, 0.717) is 16.8 Å². The summed E-state index contributed by atoms with van der Waals surface area (Å²) in [7, 11) is -2.52. The van der Waals surface area contributed by atoms with E-state index in [4.69, 9.17) is 21.3 Å². The third-order valence-corrected chi connectivity index (χ3v) is 15.9. The van der Waals surface area contributed by atoms with Crippen LogP contribution in [0.25, 0.3) is 22.2 Å². The number of rotatable bonds is 9. The molecular weight excluding hydrogens is 540 g/mol. The highest BCUT2D eigenvalue weighted by atomic mass is 79.9. The van der Waals surface area contributed by atoms with Gasteiger partial charge in [-0.05, 0) is 44.6 Å². The Morgan fingerprint density at radius 3 is 2.35 bits per heavy atom. The molecule has 0 atom stereocenters. The Bertz CT molecular complexity index is 1150. The minimum atomic E-state index is -1.39. The van der Waals surface area contributed by atoms with Crippen molar-refractivity contribution in [3.63, 3.8) is 0 Å². The number of fused-ring (bicyclic) bond motifs is 1. The van der Waals surface area contributed by atoms with Gasteiger partial charge in [-0.3, -0.25) is 0 Å². The van der Waals surface area contributed by atoms with Crippen LogP contribution in [0.4, 0.5) is 0 Å². The van der Waals surface area contributed by atoms with E-state index in [1.54, 1.807) is 6.20 Å². The summed E-state index contributed by atoms with van der Waals surface area (Å²) in [5, 5.41) is 2.08. The highest BCUT2D eigenvalue weighted by Crippen LogP contribution is 2.42. The molecule has 0 aliphatic rings. The third kappa shape index (κ3) is 6.44. The lowest BCUT2D eigenvalue weighted by Gasteiger charge is -2.37. The average Bonchev–Trinajstić information content (AvgIpc) is 3.10. The van der Waals surface area contributed by atoms with Crippen LogP contribution in [0.2, 0.25) is 54.9 Å². The average molecular weight is 580 g/mol. The standard InChI is InChI=1S/C27H40BrClN2OSi2/c1-27(2,3)34(7,8)15-13-20-11-9-10-12-21(20)22-18-31(19-32-14-16-33(4,5)6)26-24(22)25(29)23(28)17-30-26/h9-12,17-18H,13-16,19H2,1-8H3. The van der Waals surface area contributed by atoms with Crippen molar-refractivity contribution in [3.8, 4) is 11.1 Å². The smallest absolute Gasteiger partial charge is 0.143 e. The summed E-state index contributed by atoms with van der Waals surface area (Å²) in [6, 6.07) is 11.2. The molecule has 0 bridgehead atoms. The van der Waals surface area contributed by atoms with Gasteiger partial charge in [0.2, 0.25) is 0 Å². The SMILES string of the molecule is CC(C)(C)[Si](C)(C)CCc1ccccc1-c1cn(COCC[Si](C)(C)C)c2ncc(Br)c(Cl)c12. The largest absolute Gasteiger partial charge is 0.361 e. The van der Waals surface area contributed by atoms with Crippen LogP contribution >= 0.6 is 27.5 Å². The second kappa shape index (κ2) is 10.6. The van der Waals surface area contributed by atoms with Gasteiger partial charge in [0.05, 0.1) is 17.6 Å². The molecule has 7 heteroatoms. The van der Waals surface area contributed by atoms with Gasteiger partial charge in [-0.2, -0.15) is 0 Å². The van der Waals surface area contributed by atoms with Gasteiger partial charge in [-0.1, -0.05) is 95.4 Å². The molecule has 2 heterocycles. The van der Waals surface area contributed by atoms with Gasteiger partial charge >= 0.3 is 0 Å². The number of ether oxygens (including phenoxy) is 1. The number of halogens is 2. The van der Waals surface area contributed by atoms with Crippen molar-refractivity contribution in [1.82, 2.24) is 9.55 Å². The molecule has 3 aromatic rings. The summed E-state index contributed by atoms with van der Waals surface area (Å²) in [6.45, 7) is 20.6. The Morgan fingerprint density at radius 2 is 1.71 bits per heavy atom. The summed E-state index contributed by atoms with van der Waals surface area (Å²) in [4.78, 5) is 4.73. The molecule has 1 aromatic carbocycles. The molecule has 34 heavy (non-hydrogen) atoms. The van der Waals surface area contributed by atoms with Crippen LogP contribution < -0.4 is 0 Å². The number of pyridine rings is 1. The maximum Gasteiger partial charge on any atom is 0.143 e. The van der Waals surface area contributed by atoms with Crippen molar-refractivity contribution < 1.29 is 4.74 Å². The molecular formula is C27H40BrClN2OSi2. The predicted molar refractivity (Wildman–Crippen MR) is 158 cm³/mol. The fourth-order valence-corrected chi connectivity index (χ4v) is 6.80. The van der Waals surface area contributed by atoms with Gasteiger partial charge in [0, 0.05) is 38.0 Å². The quantitative estimate of drug-likeness (QED) is 0.186. The van der Waals surface area contributed by atoms with Crippen LogP contribution in [0, 0.1) is 0 Å². The Labute approximate surface area is 221 Å². The summed E-state index contributed by atoms with van der Waals surface area (Å²) in [5.41, 5.74) is 4.62. The first kappa shape index (κ1) is 27.7. The molecule has 0 amide bonds. The van der Waals surface area contributed by atoms with Crippen LogP contribution in [-0.2, 0) is 17.9 Å². The van der Waals surface area contributed by atoms with E-state index in [-0.39, 0.29) is 0 Å². The van der Waals surface area contributed by atoms with Crippen LogP contribution in [0.5, 0.6) is 0 Å². The maximum absolute atomic E-state index is 6.85. The fraction of sp³-hybridized carbons (Fsp3) is 0.519. The van der Waals surface area contributed by atoms with Crippen molar-refractivity contribution >= 4 is 54.7 Å². The van der Waals surface area contributed by atoms with Crippen LogP contribution in [0.1, 0.15) is 26.3 Å². The van der Waals surface area contributed by atoms with E-state index < -0.39 is 16.1 Å². The van der Waals surface area contributed by atoms with Gasteiger partial charge < -0.3 is 9.30 Å². The van der Waals surface area contributed by atoms with E-state index in [1.165, 1.54) is 17.2 Å². The lowest BCUT2D eigenvalue weighted by molar-refractivity contribution is 0.0899. The molecule has 0 radical (unpaired) electrons. The van der Waals surface area contributed by atoms with Crippen molar-refractivity contribution in [2.75, 3.05) is 6.61 Å². The zero-order chi connectivity index (χ0) is 25.3. The normalized spacial score (nSPS) is 13.1. The van der Waals surface area contributed by atoms with Crippen molar-refractivity contribution in [3.05, 3.63) is 51.7 Å². The summed E-state index contributed by atoms with van der Waals surface area (Å²) in [5.74, 6) is 0. The maximum atomic E-state index is 6.85. The Hall–Kier alpha value is -0.926.